The molecule has 1 fully saturated rings. The molecule has 20 heavy (non-hydrogen) atoms. The summed E-state index contributed by atoms with van der Waals surface area (Å²) >= 11 is 0. The number of pyridine rings is 1. The van der Waals surface area contributed by atoms with Crippen molar-refractivity contribution in [3.05, 3.63) is 18.3 Å². The first-order valence-electron chi connectivity index (χ1n) is 7.36. The molecule has 0 saturated heterocycles. The van der Waals surface area contributed by atoms with E-state index < -0.39 is 0 Å². The Morgan fingerprint density at radius 2 is 2.10 bits per heavy atom. The van der Waals surface area contributed by atoms with E-state index in [4.69, 9.17) is 5.73 Å². The average Bonchev–Trinajstić information content (AvgIpc) is 2.40. The number of carbonyl (C=O) groups excluding carboxylic acids is 1. The first-order chi connectivity index (χ1) is 9.56. The number of carbonyl (C=O) groups is 1. The van der Waals surface area contributed by atoms with Gasteiger partial charge >= 0.3 is 0 Å². The summed E-state index contributed by atoms with van der Waals surface area (Å²) in [5.41, 5.74) is 6.53. The van der Waals surface area contributed by atoms with Gasteiger partial charge in [-0.3, -0.25) is 4.79 Å². The lowest BCUT2D eigenvalue weighted by Gasteiger charge is -2.37. The van der Waals surface area contributed by atoms with Gasteiger partial charge in [0.25, 0.3) is 0 Å². The molecule has 1 aromatic rings. The average molecular weight is 276 g/mol. The Hall–Kier alpha value is -1.62. The van der Waals surface area contributed by atoms with E-state index in [9.17, 15) is 4.79 Å². The fourth-order valence-corrected chi connectivity index (χ4v) is 2.53. The molecule has 1 saturated carbocycles. The number of anilines is 2. The van der Waals surface area contributed by atoms with Crippen LogP contribution in [0.5, 0.6) is 0 Å². The molecule has 0 bridgehead atoms. The number of rotatable bonds is 6. The first kappa shape index (κ1) is 14.8. The molecule has 1 amide bonds. The van der Waals surface area contributed by atoms with E-state index in [0.29, 0.717) is 6.42 Å². The van der Waals surface area contributed by atoms with Crippen LogP contribution in [0.15, 0.2) is 18.3 Å². The van der Waals surface area contributed by atoms with Crippen molar-refractivity contribution in [3.8, 4) is 0 Å². The topological polar surface area (TPSA) is 71.2 Å². The third kappa shape index (κ3) is 3.48. The van der Waals surface area contributed by atoms with Gasteiger partial charge in [-0.25, -0.2) is 4.98 Å². The molecule has 5 heteroatoms. The van der Waals surface area contributed by atoms with Crippen molar-refractivity contribution >= 4 is 17.4 Å². The van der Waals surface area contributed by atoms with E-state index in [-0.39, 0.29) is 11.4 Å². The van der Waals surface area contributed by atoms with Gasteiger partial charge in [-0.05, 0) is 45.2 Å². The molecule has 2 rings (SSSR count). The summed E-state index contributed by atoms with van der Waals surface area (Å²) in [7, 11) is 0. The Morgan fingerprint density at radius 1 is 1.40 bits per heavy atom. The summed E-state index contributed by atoms with van der Waals surface area (Å²) in [5, 5.41) is 2.87. The Labute approximate surface area is 120 Å². The standard InChI is InChI=1S/C15H24N4O/c1-3-19(4-2)13-7-6-12(11-17-13)18-14(20)10-15(16)8-5-9-15/h6-7,11H,3-5,8-10,16H2,1-2H3,(H,18,20). The molecular formula is C15H24N4O. The van der Waals surface area contributed by atoms with E-state index in [0.717, 1.165) is 43.9 Å². The van der Waals surface area contributed by atoms with E-state index in [1.54, 1.807) is 6.20 Å². The van der Waals surface area contributed by atoms with Crippen LogP contribution < -0.4 is 16.0 Å². The van der Waals surface area contributed by atoms with Gasteiger partial charge in [0.2, 0.25) is 5.91 Å². The van der Waals surface area contributed by atoms with Crippen LogP contribution in [-0.4, -0.2) is 29.5 Å². The number of hydrogen-bond donors (Lipinski definition) is 2. The van der Waals surface area contributed by atoms with Crippen LogP contribution in [0.4, 0.5) is 11.5 Å². The summed E-state index contributed by atoms with van der Waals surface area (Å²) < 4.78 is 0. The lowest BCUT2D eigenvalue weighted by atomic mass is 9.75. The van der Waals surface area contributed by atoms with Crippen LogP contribution >= 0.6 is 0 Å². The normalized spacial score (nSPS) is 16.4. The zero-order valence-electron chi connectivity index (χ0n) is 12.4. The minimum absolute atomic E-state index is 0.0235. The number of hydrogen-bond acceptors (Lipinski definition) is 4. The van der Waals surface area contributed by atoms with Crippen molar-refractivity contribution < 1.29 is 4.79 Å². The van der Waals surface area contributed by atoms with Crippen LogP contribution in [-0.2, 0) is 4.79 Å². The minimum Gasteiger partial charge on any atom is -0.357 e. The lowest BCUT2D eigenvalue weighted by Crippen LogP contribution is -2.48. The highest BCUT2D eigenvalue weighted by atomic mass is 16.1. The Balaban J connectivity index is 1.91. The minimum atomic E-state index is -0.279. The zero-order chi connectivity index (χ0) is 14.6. The molecule has 0 spiro atoms. The van der Waals surface area contributed by atoms with Gasteiger partial charge in [0.05, 0.1) is 11.9 Å². The molecule has 0 unspecified atom stereocenters. The molecule has 1 aromatic heterocycles. The smallest absolute Gasteiger partial charge is 0.226 e. The van der Waals surface area contributed by atoms with Crippen molar-refractivity contribution in [3.63, 3.8) is 0 Å². The van der Waals surface area contributed by atoms with Gasteiger partial charge in [0.15, 0.2) is 0 Å². The van der Waals surface area contributed by atoms with E-state index >= 15 is 0 Å². The second kappa shape index (κ2) is 6.22. The summed E-state index contributed by atoms with van der Waals surface area (Å²) in [6, 6.07) is 3.83. The number of nitrogens with zero attached hydrogens (tertiary/aromatic N) is 2. The monoisotopic (exact) mass is 276 g/mol. The van der Waals surface area contributed by atoms with Crippen LogP contribution in [0.2, 0.25) is 0 Å². The molecule has 1 aliphatic rings. The summed E-state index contributed by atoms with van der Waals surface area (Å²) in [4.78, 5) is 18.5. The predicted octanol–water partition coefficient (Wildman–Crippen LogP) is 2.14. The molecular weight excluding hydrogens is 252 g/mol. The fraction of sp³-hybridized carbons (Fsp3) is 0.600. The molecule has 0 radical (unpaired) electrons. The summed E-state index contributed by atoms with van der Waals surface area (Å²) in [6.07, 6.45) is 5.11. The van der Waals surface area contributed by atoms with Crippen molar-refractivity contribution in [2.45, 2.75) is 45.1 Å². The van der Waals surface area contributed by atoms with Crippen molar-refractivity contribution in [1.82, 2.24) is 4.98 Å². The second-order valence-corrected chi connectivity index (χ2v) is 5.52. The van der Waals surface area contributed by atoms with Gasteiger partial charge < -0.3 is 16.0 Å². The molecule has 1 heterocycles. The highest BCUT2D eigenvalue weighted by molar-refractivity contribution is 5.91. The Kier molecular flexibility index (Phi) is 4.60. The molecule has 1 aliphatic carbocycles. The number of amides is 1. The third-order valence-corrected chi connectivity index (χ3v) is 3.98. The largest absolute Gasteiger partial charge is 0.357 e. The van der Waals surface area contributed by atoms with Gasteiger partial charge in [0, 0.05) is 25.0 Å². The van der Waals surface area contributed by atoms with Gasteiger partial charge in [0.1, 0.15) is 5.82 Å². The molecule has 3 N–H and O–H groups in total. The highest BCUT2D eigenvalue weighted by Gasteiger charge is 2.34. The summed E-state index contributed by atoms with van der Waals surface area (Å²) in [6.45, 7) is 6.04. The van der Waals surface area contributed by atoms with Crippen molar-refractivity contribution in [2.24, 2.45) is 5.73 Å². The maximum Gasteiger partial charge on any atom is 0.226 e. The molecule has 0 atom stereocenters. The van der Waals surface area contributed by atoms with E-state index in [2.05, 4.69) is 29.0 Å². The quantitative estimate of drug-likeness (QED) is 0.835. The molecule has 5 nitrogen and oxygen atoms in total. The van der Waals surface area contributed by atoms with Gasteiger partial charge in [-0.2, -0.15) is 0 Å². The van der Waals surface area contributed by atoms with Crippen molar-refractivity contribution in [2.75, 3.05) is 23.3 Å². The Bertz CT molecular complexity index is 449. The SMILES string of the molecule is CCN(CC)c1ccc(NC(=O)CC2(N)CCC2)cn1. The molecule has 0 aromatic carbocycles. The maximum atomic E-state index is 11.9. The van der Waals surface area contributed by atoms with Crippen LogP contribution in [0.1, 0.15) is 39.5 Å². The van der Waals surface area contributed by atoms with E-state index in [1.165, 1.54) is 0 Å². The zero-order valence-corrected chi connectivity index (χ0v) is 12.4. The lowest BCUT2D eigenvalue weighted by molar-refractivity contribution is -0.118. The summed E-state index contributed by atoms with van der Waals surface area (Å²) in [5.74, 6) is 0.909. The second-order valence-electron chi connectivity index (χ2n) is 5.52. The number of nitrogens with two attached hydrogens (primary N) is 1. The van der Waals surface area contributed by atoms with Gasteiger partial charge in [-0.1, -0.05) is 0 Å². The fourth-order valence-electron chi connectivity index (χ4n) is 2.53. The van der Waals surface area contributed by atoms with E-state index in [1.807, 2.05) is 12.1 Å². The third-order valence-electron chi connectivity index (χ3n) is 3.98. The Morgan fingerprint density at radius 3 is 2.55 bits per heavy atom. The predicted molar refractivity (Wildman–Crippen MR) is 81.8 cm³/mol. The maximum absolute atomic E-state index is 11.9. The highest BCUT2D eigenvalue weighted by Crippen LogP contribution is 2.32. The van der Waals surface area contributed by atoms with Crippen LogP contribution in [0.25, 0.3) is 0 Å². The van der Waals surface area contributed by atoms with Crippen LogP contribution in [0, 0.1) is 0 Å². The van der Waals surface area contributed by atoms with Crippen LogP contribution in [0.3, 0.4) is 0 Å². The first-order valence-corrected chi connectivity index (χ1v) is 7.36. The van der Waals surface area contributed by atoms with Gasteiger partial charge in [-0.15, -0.1) is 0 Å². The van der Waals surface area contributed by atoms with Crippen molar-refractivity contribution in [1.29, 1.82) is 0 Å². The number of aromatic nitrogens is 1. The molecule has 0 aliphatic heterocycles. The molecule has 110 valence electrons. The number of nitrogens with one attached hydrogen (secondary N) is 1.